The maximum Gasteiger partial charge on any atom is 0.247 e. The first kappa shape index (κ1) is 22.5. The number of carbonyl (C=O) groups excluding carboxylic acids is 3. The Morgan fingerprint density at radius 3 is 2.34 bits per heavy atom. The van der Waals surface area contributed by atoms with Gasteiger partial charge in [-0.05, 0) is 31.2 Å². The summed E-state index contributed by atoms with van der Waals surface area (Å²) in [7, 11) is 1.54. The lowest BCUT2D eigenvalue weighted by atomic mass is 9.89. The van der Waals surface area contributed by atoms with Gasteiger partial charge >= 0.3 is 0 Å². The predicted molar refractivity (Wildman–Crippen MR) is 113 cm³/mol. The highest BCUT2D eigenvalue weighted by molar-refractivity contribution is 6.40. The molecule has 1 unspecified atom stereocenters. The SMILES string of the molecule is CCN(C(=O)C1C(=O)c2c(Cl)cccc2N(C)C1=O)c1ccccc1.NCCO. The van der Waals surface area contributed by atoms with Crippen molar-refractivity contribution in [3.8, 4) is 0 Å². The number of fused-ring (bicyclic) bond motifs is 1. The summed E-state index contributed by atoms with van der Waals surface area (Å²) in [4.78, 5) is 41.4. The van der Waals surface area contributed by atoms with E-state index < -0.39 is 23.5 Å². The average molecular weight is 418 g/mol. The summed E-state index contributed by atoms with van der Waals surface area (Å²) in [6.45, 7) is 2.62. The highest BCUT2D eigenvalue weighted by Gasteiger charge is 2.45. The summed E-state index contributed by atoms with van der Waals surface area (Å²) in [5, 5.41) is 7.99. The van der Waals surface area contributed by atoms with Crippen molar-refractivity contribution in [1.82, 2.24) is 0 Å². The number of Topliss-reactive ketones (excluding diaryl/α,β-unsaturated/α-hetero) is 1. The molecule has 0 radical (unpaired) electrons. The van der Waals surface area contributed by atoms with Gasteiger partial charge < -0.3 is 20.6 Å². The molecule has 2 aromatic rings. The molecule has 0 fully saturated rings. The Morgan fingerprint density at radius 1 is 1.17 bits per heavy atom. The maximum absolute atomic E-state index is 13.0. The van der Waals surface area contributed by atoms with E-state index in [4.69, 9.17) is 22.4 Å². The zero-order chi connectivity index (χ0) is 21.6. The number of aliphatic hydroxyl groups is 1. The molecule has 8 heteroatoms. The van der Waals surface area contributed by atoms with Crippen molar-refractivity contribution in [2.75, 3.05) is 36.5 Å². The molecule has 29 heavy (non-hydrogen) atoms. The van der Waals surface area contributed by atoms with E-state index in [2.05, 4.69) is 0 Å². The Labute approximate surface area is 174 Å². The van der Waals surface area contributed by atoms with E-state index >= 15 is 0 Å². The van der Waals surface area contributed by atoms with Crippen molar-refractivity contribution < 1.29 is 19.5 Å². The number of halogens is 1. The van der Waals surface area contributed by atoms with Crippen LogP contribution in [-0.4, -0.2) is 49.4 Å². The van der Waals surface area contributed by atoms with Crippen LogP contribution in [0.2, 0.25) is 5.02 Å². The van der Waals surface area contributed by atoms with Crippen LogP contribution < -0.4 is 15.5 Å². The van der Waals surface area contributed by atoms with Crippen molar-refractivity contribution in [2.45, 2.75) is 6.92 Å². The highest BCUT2D eigenvalue weighted by atomic mass is 35.5. The van der Waals surface area contributed by atoms with Gasteiger partial charge in [-0.3, -0.25) is 14.4 Å². The number of ketones is 1. The standard InChI is InChI=1S/C19H17ClN2O3.C2H7NO/c1-3-22(12-8-5-4-6-9-12)19(25)16-17(23)15-13(20)10-7-11-14(15)21(2)18(16)24;3-1-2-4/h4-11,16H,3H2,1-2H3;4H,1-3H2. The number of nitrogens with two attached hydrogens (primary N) is 1. The number of nitrogens with zero attached hydrogens (tertiary/aromatic N) is 2. The van der Waals surface area contributed by atoms with Crippen molar-refractivity contribution >= 4 is 40.6 Å². The summed E-state index contributed by atoms with van der Waals surface area (Å²) in [6, 6.07) is 13.9. The van der Waals surface area contributed by atoms with Gasteiger partial charge in [0.05, 0.1) is 22.9 Å². The van der Waals surface area contributed by atoms with Crippen LogP contribution in [0.4, 0.5) is 11.4 Å². The molecule has 1 aliphatic heterocycles. The molecule has 2 amide bonds. The number of para-hydroxylation sites is 1. The van der Waals surface area contributed by atoms with Crippen molar-refractivity contribution in [3.05, 3.63) is 59.1 Å². The predicted octanol–water partition coefficient (Wildman–Crippen LogP) is 2.11. The molecular formula is C21H24ClN3O4. The second-order valence-corrected chi connectivity index (χ2v) is 6.67. The molecule has 154 valence electrons. The van der Waals surface area contributed by atoms with Crippen LogP contribution in [0.3, 0.4) is 0 Å². The molecule has 0 saturated carbocycles. The fraction of sp³-hybridized carbons (Fsp3) is 0.286. The van der Waals surface area contributed by atoms with Crippen LogP contribution >= 0.6 is 11.6 Å². The zero-order valence-corrected chi connectivity index (χ0v) is 17.1. The number of hydrogen-bond acceptors (Lipinski definition) is 5. The van der Waals surface area contributed by atoms with E-state index in [-0.39, 0.29) is 17.2 Å². The van der Waals surface area contributed by atoms with E-state index in [1.807, 2.05) is 6.07 Å². The molecule has 2 aromatic carbocycles. The van der Waals surface area contributed by atoms with Crippen LogP contribution in [0, 0.1) is 5.92 Å². The molecule has 0 saturated heterocycles. The monoisotopic (exact) mass is 417 g/mol. The summed E-state index contributed by atoms with van der Waals surface area (Å²) < 4.78 is 0. The summed E-state index contributed by atoms with van der Waals surface area (Å²) in [6.07, 6.45) is 0. The molecule has 0 spiro atoms. The van der Waals surface area contributed by atoms with Crippen LogP contribution in [0.15, 0.2) is 48.5 Å². The molecular weight excluding hydrogens is 394 g/mol. The van der Waals surface area contributed by atoms with Crippen LogP contribution in [0.1, 0.15) is 17.3 Å². The van der Waals surface area contributed by atoms with Gasteiger partial charge in [-0.25, -0.2) is 0 Å². The molecule has 1 heterocycles. The number of carbonyl (C=O) groups is 3. The largest absolute Gasteiger partial charge is 0.395 e. The Bertz CT molecular complexity index is 887. The number of benzene rings is 2. The molecule has 3 rings (SSSR count). The van der Waals surface area contributed by atoms with Gasteiger partial charge in [0.1, 0.15) is 0 Å². The lowest BCUT2D eigenvalue weighted by Gasteiger charge is -2.33. The Kier molecular flexibility index (Phi) is 7.90. The molecule has 1 aliphatic rings. The molecule has 3 N–H and O–H groups in total. The summed E-state index contributed by atoms with van der Waals surface area (Å²) >= 11 is 6.17. The molecule has 0 aromatic heterocycles. The van der Waals surface area contributed by atoms with E-state index in [0.29, 0.717) is 24.5 Å². The third kappa shape index (κ3) is 4.64. The second-order valence-electron chi connectivity index (χ2n) is 6.26. The van der Waals surface area contributed by atoms with Gasteiger partial charge in [-0.15, -0.1) is 0 Å². The molecule has 1 atom stereocenters. The van der Waals surface area contributed by atoms with E-state index in [1.54, 1.807) is 56.4 Å². The van der Waals surface area contributed by atoms with E-state index in [1.165, 1.54) is 9.80 Å². The van der Waals surface area contributed by atoms with Gasteiger partial charge in [0.2, 0.25) is 11.8 Å². The number of aliphatic hydroxyl groups excluding tert-OH is 1. The Morgan fingerprint density at radius 2 is 1.79 bits per heavy atom. The minimum atomic E-state index is -1.42. The van der Waals surface area contributed by atoms with Gasteiger partial charge in [-0.1, -0.05) is 35.9 Å². The van der Waals surface area contributed by atoms with Gasteiger partial charge in [0.25, 0.3) is 0 Å². The molecule has 0 aliphatic carbocycles. The van der Waals surface area contributed by atoms with Crippen molar-refractivity contribution in [3.63, 3.8) is 0 Å². The topological polar surface area (TPSA) is 104 Å². The molecule has 7 nitrogen and oxygen atoms in total. The first-order chi connectivity index (χ1) is 13.9. The fourth-order valence-electron chi connectivity index (χ4n) is 3.05. The van der Waals surface area contributed by atoms with Crippen LogP contribution in [0.25, 0.3) is 0 Å². The van der Waals surface area contributed by atoms with E-state index in [0.717, 1.165) is 0 Å². The van der Waals surface area contributed by atoms with Crippen LogP contribution in [-0.2, 0) is 9.59 Å². The van der Waals surface area contributed by atoms with E-state index in [9.17, 15) is 14.4 Å². The van der Waals surface area contributed by atoms with Gasteiger partial charge in [0.15, 0.2) is 11.7 Å². The third-order valence-electron chi connectivity index (χ3n) is 4.47. The maximum atomic E-state index is 13.0. The normalized spacial score (nSPS) is 15.3. The van der Waals surface area contributed by atoms with Gasteiger partial charge in [0, 0.05) is 25.8 Å². The van der Waals surface area contributed by atoms with Crippen molar-refractivity contribution in [2.24, 2.45) is 11.7 Å². The first-order valence-corrected chi connectivity index (χ1v) is 9.54. The highest BCUT2D eigenvalue weighted by Crippen LogP contribution is 2.35. The lowest BCUT2D eigenvalue weighted by molar-refractivity contribution is -0.130. The minimum Gasteiger partial charge on any atom is -0.395 e. The Balaban J connectivity index is 0.000000687. The zero-order valence-electron chi connectivity index (χ0n) is 16.3. The smallest absolute Gasteiger partial charge is 0.247 e. The van der Waals surface area contributed by atoms with Gasteiger partial charge in [-0.2, -0.15) is 0 Å². The van der Waals surface area contributed by atoms with Crippen LogP contribution in [0.5, 0.6) is 0 Å². The lowest BCUT2D eigenvalue weighted by Crippen LogP contribution is -2.51. The third-order valence-corrected chi connectivity index (χ3v) is 4.78. The quantitative estimate of drug-likeness (QED) is 0.741. The fourth-order valence-corrected chi connectivity index (χ4v) is 3.31. The van der Waals surface area contributed by atoms with Crippen molar-refractivity contribution in [1.29, 1.82) is 0 Å². The number of rotatable bonds is 4. The number of amides is 2. The molecule has 0 bridgehead atoms. The second kappa shape index (κ2) is 10.2. The number of anilines is 2. The summed E-state index contributed by atoms with van der Waals surface area (Å²) in [5.41, 5.74) is 6.06. The Hall–Kier alpha value is -2.74. The first-order valence-electron chi connectivity index (χ1n) is 9.16. The average Bonchev–Trinajstić information content (AvgIpc) is 2.73. The minimum absolute atomic E-state index is 0.0972. The summed E-state index contributed by atoms with van der Waals surface area (Å²) in [5.74, 6) is -3.05. The number of hydrogen-bond donors (Lipinski definition) is 2.